The molecule has 4 nitrogen and oxygen atoms in total. The fourth-order valence-electron chi connectivity index (χ4n) is 2.12. The van der Waals surface area contributed by atoms with E-state index in [0.717, 1.165) is 6.42 Å². The molecule has 0 aliphatic carbocycles. The summed E-state index contributed by atoms with van der Waals surface area (Å²) in [5.74, 6) is -0.504. The molecule has 2 aromatic heterocycles. The first-order chi connectivity index (χ1) is 9.47. The van der Waals surface area contributed by atoms with Gasteiger partial charge >= 0.3 is 5.97 Å². The number of aromatic nitrogens is 1. The van der Waals surface area contributed by atoms with Gasteiger partial charge in [-0.3, -0.25) is 0 Å². The summed E-state index contributed by atoms with van der Waals surface area (Å²) < 4.78 is 0. The van der Waals surface area contributed by atoms with Crippen LogP contribution in [0.4, 0.5) is 5.82 Å². The predicted molar refractivity (Wildman–Crippen MR) is 81.8 cm³/mol. The fourth-order valence-corrected chi connectivity index (χ4v) is 3.14. The number of carbonyl (C=O) groups is 1. The molecule has 2 N–H and O–H groups in total. The zero-order valence-corrected chi connectivity index (χ0v) is 12.6. The van der Waals surface area contributed by atoms with Gasteiger partial charge in [0, 0.05) is 28.4 Å². The first-order valence-corrected chi connectivity index (χ1v) is 7.29. The third-order valence-electron chi connectivity index (χ3n) is 3.06. The van der Waals surface area contributed by atoms with Crippen LogP contribution < -0.4 is 5.32 Å². The Labute approximate surface area is 122 Å². The number of hydrogen-bond donors (Lipinski definition) is 2. The smallest absolute Gasteiger partial charge is 0.339 e. The summed E-state index contributed by atoms with van der Waals surface area (Å²) in [6.45, 7) is 5.89. The Morgan fingerprint density at radius 1 is 1.40 bits per heavy atom. The van der Waals surface area contributed by atoms with Crippen LogP contribution in [0.25, 0.3) is 0 Å². The van der Waals surface area contributed by atoms with Crippen molar-refractivity contribution in [2.45, 2.75) is 33.2 Å². The maximum absolute atomic E-state index is 11.3. The molecule has 0 bridgehead atoms. The molecule has 106 valence electrons. The lowest BCUT2D eigenvalue weighted by atomic mass is 10.1. The number of nitrogens with one attached hydrogen (secondary N) is 1. The molecule has 2 heterocycles. The van der Waals surface area contributed by atoms with Crippen LogP contribution in [0, 0.1) is 13.8 Å². The third-order valence-corrected chi connectivity index (χ3v) is 4.08. The van der Waals surface area contributed by atoms with Gasteiger partial charge in [-0.25, -0.2) is 9.78 Å². The normalized spacial score (nSPS) is 12.2. The lowest BCUT2D eigenvalue weighted by molar-refractivity contribution is 0.0697. The highest BCUT2D eigenvalue weighted by atomic mass is 32.1. The zero-order valence-electron chi connectivity index (χ0n) is 11.8. The van der Waals surface area contributed by atoms with E-state index >= 15 is 0 Å². The minimum absolute atomic E-state index is 0.125. The van der Waals surface area contributed by atoms with Gasteiger partial charge in [-0.2, -0.15) is 0 Å². The number of nitrogens with zero attached hydrogens (tertiary/aromatic N) is 1. The van der Waals surface area contributed by atoms with Crippen LogP contribution in [0.3, 0.4) is 0 Å². The first-order valence-electron chi connectivity index (χ1n) is 6.48. The van der Waals surface area contributed by atoms with E-state index < -0.39 is 5.97 Å². The zero-order chi connectivity index (χ0) is 14.7. The third kappa shape index (κ3) is 3.36. The van der Waals surface area contributed by atoms with Gasteiger partial charge in [0.1, 0.15) is 11.4 Å². The number of rotatable bonds is 5. The van der Waals surface area contributed by atoms with Crippen molar-refractivity contribution >= 4 is 23.1 Å². The van der Waals surface area contributed by atoms with Crippen molar-refractivity contribution in [1.29, 1.82) is 0 Å². The topological polar surface area (TPSA) is 62.2 Å². The maximum Gasteiger partial charge on any atom is 0.339 e. The second-order valence-electron chi connectivity index (χ2n) is 4.92. The molecule has 2 aromatic rings. The molecule has 1 unspecified atom stereocenters. The average molecular weight is 290 g/mol. The predicted octanol–water partition coefficient (Wildman–Crippen LogP) is 3.50. The standard InChI is InChI=1S/C15H18N2O2S/c1-9-6-7-16-14(13(9)15(18)19)17-10(2)8-12-5-4-11(3)20-12/h4-7,10H,8H2,1-3H3,(H,16,17)(H,18,19). The minimum Gasteiger partial charge on any atom is -0.478 e. The second kappa shape index (κ2) is 6.05. The number of carboxylic acids is 1. The van der Waals surface area contributed by atoms with Gasteiger partial charge in [-0.05, 0) is 44.5 Å². The number of anilines is 1. The molecular weight excluding hydrogens is 272 g/mol. The van der Waals surface area contributed by atoms with Crippen molar-refractivity contribution in [3.8, 4) is 0 Å². The Morgan fingerprint density at radius 3 is 2.75 bits per heavy atom. The molecule has 20 heavy (non-hydrogen) atoms. The monoisotopic (exact) mass is 290 g/mol. The van der Waals surface area contributed by atoms with Crippen molar-refractivity contribution in [2.75, 3.05) is 5.32 Å². The molecule has 0 fully saturated rings. The number of aromatic carboxylic acids is 1. The number of carboxylic acid groups (broad SMARTS) is 1. The maximum atomic E-state index is 11.3. The molecule has 0 saturated heterocycles. The van der Waals surface area contributed by atoms with Gasteiger partial charge in [0.05, 0.1) is 0 Å². The molecule has 2 rings (SSSR count). The van der Waals surface area contributed by atoms with E-state index in [2.05, 4.69) is 29.4 Å². The highest BCUT2D eigenvalue weighted by molar-refractivity contribution is 7.11. The van der Waals surface area contributed by atoms with Crippen LogP contribution in [0.5, 0.6) is 0 Å². The highest BCUT2D eigenvalue weighted by Crippen LogP contribution is 2.20. The van der Waals surface area contributed by atoms with Crippen molar-refractivity contribution < 1.29 is 9.90 Å². The van der Waals surface area contributed by atoms with Crippen molar-refractivity contribution in [2.24, 2.45) is 0 Å². The molecule has 0 spiro atoms. The molecule has 1 atom stereocenters. The lowest BCUT2D eigenvalue weighted by Gasteiger charge is -2.16. The number of pyridine rings is 1. The summed E-state index contributed by atoms with van der Waals surface area (Å²) in [6, 6.07) is 6.04. The summed E-state index contributed by atoms with van der Waals surface area (Å²) in [5, 5.41) is 12.5. The van der Waals surface area contributed by atoms with E-state index in [4.69, 9.17) is 0 Å². The number of hydrogen-bond acceptors (Lipinski definition) is 4. The molecule has 0 radical (unpaired) electrons. The SMILES string of the molecule is Cc1ccc(CC(C)Nc2nccc(C)c2C(=O)O)s1. The van der Waals surface area contributed by atoms with Gasteiger partial charge < -0.3 is 10.4 Å². The van der Waals surface area contributed by atoms with Gasteiger partial charge in [-0.1, -0.05) is 0 Å². The molecule has 0 aliphatic rings. The Morgan fingerprint density at radius 2 is 2.15 bits per heavy atom. The summed E-state index contributed by atoms with van der Waals surface area (Å²) in [5.41, 5.74) is 0.968. The quantitative estimate of drug-likeness (QED) is 0.884. The Bertz CT molecular complexity index is 622. The van der Waals surface area contributed by atoms with Crippen LogP contribution >= 0.6 is 11.3 Å². The van der Waals surface area contributed by atoms with Gasteiger partial charge in [0.15, 0.2) is 0 Å². The van der Waals surface area contributed by atoms with E-state index in [0.29, 0.717) is 11.4 Å². The van der Waals surface area contributed by atoms with E-state index in [1.807, 2.05) is 6.92 Å². The first kappa shape index (κ1) is 14.5. The Kier molecular flexibility index (Phi) is 4.39. The highest BCUT2D eigenvalue weighted by Gasteiger charge is 2.16. The van der Waals surface area contributed by atoms with Crippen LogP contribution in [-0.4, -0.2) is 22.1 Å². The van der Waals surface area contributed by atoms with Crippen LogP contribution in [-0.2, 0) is 6.42 Å². The van der Waals surface area contributed by atoms with E-state index in [1.54, 1.807) is 30.5 Å². The van der Waals surface area contributed by atoms with Crippen LogP contribution in [0.2, 0.25) is 0 Å². The Hall–Kier alpha value is -1.88. The molecular formula is C15H18N2O2S. The largest absolute Gasteiger partial charge is 0.478 e. The summed E-state index contributed by atoms with van der Waals surface area (Å²) in [6.07, 6.45) is 2.49. The van der Waals surface area contributed by atoms with Crippen molar-refractivity contribution in [3.63, 3.8) is 0 Å². The molecule has 0 aliphatic heterocycles. The van der Waals surface area contributed by atoms with Gasteiger partial charge in [0.2, 0.25) is 0 Å². The molecule has 0 amide bonds. The van der Waals surface area contributed by atoms with Gasteiger partial charge in [0.25, 0.3) is 0 Å². The lowest BCUT2D eigenvalue weighted by Crippen LogP contribution is -2.21. The van der Waals surface area contributed by atoms with E-state index in [1.165, 1.54) is 9.75 Å². The molecule has 5 heteroatoms. The second-order valence-corrected chi connectivity index (χ2v) is 6.29. The summed E-state index contributed by atoms with van der Waals surface area (Å²) in [7, 11) is 0. The van der Waals surface area contributed by atoms with Gasteiger partial charge in [-0.15, -0.1) is 11.3 Å². The minimum atomic E-state index is -0.947. The van der Waals surface area contributed by atoms with Crippen LogP contribution in [0.1, 0.15) is 32.6 Å². The van der Waals surface area contributed by atoms with Crippen molar-refractivity contribution in [1.82, 2.24) is 4.98 Å². The number of aryl methyl sites for hydroxylation is 2. The average Bonchev–Trinajstić information content (AvgIpc) is 2.74. The van der Waals surface area contributed by atoms with Crippen LogP contribution in [0.15, 0.2) is 24.4 Å². The fraction of sp³-hybridized carbons (Fsp3) is 0.333. The molecule has 0 saturated carbocycles. The Balaban J connectivity index is 2.13. The van der Waals surface area contributed by atoms with Crippen molar-refractivity contribution in [3.05, 3.63) is 45.3 Å². The van der Waals surface area contributed by atoms with E-state index in [9.17, 15) is 9.90 Å². The molecule has 0 aromatic carbocycles. The summed E-state index contributed by atoms with van der Waals surface area (Å²) in [4.78, 5) is 18.0. The van der Waals surface area contributed by atoms with E-state index in [-0.39, 0.29) is 11.6 Å². The summed E-state index contributed by atoms with van der Waals surface area (Å²) >= 11 is 1.76. The number of thiophene rings is 1.